The molecule has 0 bridgehead atoms. The first-order valence-corrected chi connectivity index (χ1v) is 7.06. The van der Waals surface area contributed by atoms with Gasteiger partial charge in [0.25, 0.3) is 11.8 Å². The first-order valence-electron chi connectivity index (χ1n) is 5.89. The molecule has 0 saturated carbocycles. The number of benzene rings is 2. The number of hydrogen-bond acceptors (Lipinski definition) is 2. The number of rotatable bonds is 2. The Morgan fingerprint density at radius 3 is 2.14 bits per heavy atom. The van der Waals surface area contributed by atoms with Crippen LogP contribution in [0.4, 0.5) is 8.78 Å². The summed E-state index contributed by atoms with van der Waals surface area (Å²) in [5.74, 6) is -3.82. The van der Waals surface area contributed by atoms with Crippen molar-refractivity contribution >= 4 is 39.3 Å². The average molecular weight is 390 g/mol. The third-order valence-electron chi connectivity index (χ3n) is 2.65. The van der Waals surface area contributed by atoms with Gasteiger partial charge in [0.15, 0.2) is 11.6 Å². The molecule has 114 valence electrons. The van der Waals surface area contributed by atoms with Crippen LogP contribution in [-0.2, 0) is 0 Å². The van der Waals surface area contributed by atoms with E-state index in [-0.39, 0.29) is 10.6 Å². The maximum Gasteiger partial charge on any atom is 0.271 e. The first-order chi connectivity index (χ1) is 10.4. The van der Waals surface area contributed by atoms with E-state index in [4.69, 9.17) is 11.6 Å². The number of halogens is 4. The Hall–Kier alpha value is -1.99. The van der Waals surface area contributed by atoms with Gasteiger partial charge in [-0.3, -0.25) is 20.4 Å². The van der Waals surface area contributed by atoms with Crippen LogP contribution in [-0.4, -0.2) is 11.8 Å². The molecule has 8 heteroatoms. The molecule has 0 radical (unpaired) electrons. The fraction of sp³-hybridized carbons (Fsp3) is 0. The smallest absolute Gasteiger partial charge is 0.267 e. The van der Waals surface area contributed by atoms with Gasteiger partial charge in [-0.1, -0.05) is 27.5 Å². The molecule has 4 nitrogen and oxygen atoms in total. The summed E-state index contributed by atoms with van der Waals surface area (Å²) in [7, 11) is 0. The number of amides is 2. The van der Waals surface area contributed by atoms with Crippen molar-refractivity contribution in [1.82, 2.24) is 10.9 Å². The van der Waals surface area contributed by atoms with Crippen molar-refractivity contribution in [3.63, 3.8) is 0 Å². The highest BCUT2D eigenvalue weighted by Crippen LogP contribution is 2.19. The van der Waals surface area contributed by atoms with E-state index in [1.807, 2.05) is 0 Å². The predicted molar refractivity (Wildman–Crippen MR) is 80.4 cm³/mol. The zero-order valence-corrected chi connectivity index (χ0v) is 13.1. The maximum atomic E-state index is 13.1. The highest BCUT2D eigenvalue weighted by atomic mass is 79.9. The van der Waals surface area contributed by atoms with Crippen LogP contribution in [0.1, 0.15) is 20.7 Å². The van der Waals surface area contributed by atoms with E-state index < -0.39 is 23.4 Å². The summed E-state index contributed by atoms with van der Waals surface area (Å²) < 4.78 is 26.8. The summed E-state index contributed by atoms with van der Waals surface area (Å²) >= 11 is 8.89. The van der Waals surface area contributed by atoms with Crippen LogP contribution in [0.25, 0.3) is 0 Å². The number of hydrazine groups is 1. The van der Waals surface area contributed by atoms with Crippen molar-refractivity contribution in [2.24, 2.45) is 0 Å². The van der Waals surface area contributed by atoms with E-state index in [9.17, 15) is 18.4 Å². The Balaban J connectivity index is 2.05. The molecule has 2 amide bonds. The van der Waals surface area contributed by atoms with Crippen molar-refractivity contribution in [3.8, 4) is 0 Å². The van der Waals surface area contributed by atoms with Crippen molar-refractivity contribution in [1.29, 1.82) is 0 Å². The molecule has 2 aromatic rings. The summed E-state index contributed by atoms with van der Waals surface area (Å²) in [6, 6.07) is 7.72. The van der Waals surface area contributed by atoms with Gasteiger partial charge in [0.05, 0.1) is 10.6 Å². The van der Waals surface area contributed by atoms with Gasteiger partial charge in [-0.15, -0.1) is 0 Å². The number of hydrogen-bond donors (Lipinski definition) is 2. The zero-order valence-electron chi connectivity index (χ0n) is 10.8. The molecular formula is C14H8BrClF2N2O2. The van der Waals surface area contributed by atoms with Gasteiger partial charge in [-0.2, -0.15) is 0 Å². The molecular weight excluding hydrogens is 382 g/mol. The van der Waals surface area contributed by atoms with Crippen molar-refractivity contribution < 1.29 is 18.4 Å². The Bertz CT molecular complexity index is 738. The molecule has 0 saturated heterocycles. The number of carbonyl (C=O) groups excluding carboxylic acids is 2. The second-order valence-corrected chi connectivity index (χ2v) is 5.48. The topological polar surface area (TPSA) is 58.2 Å². The van der Waals surface area contributed by atoms with Crippen molar-refractivity contribution in [2.45, 2.75) is 0 Å². The fourth-order valence-electron chi connectivity index (χ4n) is 1.55. The zero-order chi connectivity index (χ0) is 16.3. The van der Waals surface area contributed by atoms with Gasteiger partial charge in [-0.05, 0) is 36.4 Å². The third kappa shape index (κ3) is 3.80. The first kappa shape index (κ1) is 16.4. The quantitative estimate of drug-likeness (QED) is 0.610. The van der Waals surface area contributed by atoms with Crippen LogP contribution >= 0.6 is 27.5 Å². The molecule has 0 fully saturated rings. The molecule has 0 unspecified atom stereocenters. The van der Waals surface area contributed by atoms with Crippen LogP contribution < -0.4 is 10.9 Å². The molecule has 0 aliphatic rings. The Morgan fingerprint density at radius 1 is 0.955 bits per heavy atom. The molecule has 2 aromatic carbocycles. The molecule has 0 aliphatic heterocycles. The van der Waals surface area contributed by atoms with Crippen LogP contribution in [0.3, 0.4) is 0 Å². The summed E-state index contributed by atoms with van der Waals surface area (Å²) in [4.78, 5) is 23.6. The minimum atomic E-state index is -1.21. The SMILES string of the molecule is O=C(NNC(=O)c1cc(F)c(F)cc1Cl)c1ccc(Br)cc1. The molecule has 2 N–H and O–H groups in total. The van der Waals surface area contributed by atoms with Gasteiger partial charge in [-0.25, -0.2) is 8.78 Å². The van der Waals surface area contributed by atoms with Crippen molar-refractivity contribution in [3.05, 3.63) is 68.7 Å². The molecule has 0 atom stereocenters. The highest BCUT2D eigenvalue weighted by Gasteiger charge is 2.16. The van der Waals surface area contributed by atoms with Crippen molar-refractivity contribution in [2.75, 3.05) is 0 Å². The van der Waals surface area contributed by atoms with E-state index in [1.165, 1.54) is 12.1 Å². The standard InChI is InChI=1S/C14H8BrClF2N2O2/c15-8-3-1-7(2-4-8)13(21)19-20-14(22)9-5-11(17)12(18)6-10(9)16/h1-6H,(H,19,21)(H,20,22). The normalized spacial score (nSPS) is 10.2. The Kier molecular flexibility index (Phi) is 5.10. The van der Waals surface area contributed by atoms with E-state index in [2.05, 4.69) is 26.8 Å². The second-order valence-electron chi connectivity index (χ2n) is 4.16. The largest absolute Gasteiger partial charge is 0.271 e. The second kappa shape index (κ2) is 6.85. The minimum absolute atomic E-state index is 0.269. The maximum absolute atomic E-state index is 13.1. The van der Waals surface area contributed by atoms with E-state index in [0.29, 0.717) is 17.7 Å². The molecule has 0 heterocycles. The summed E-state index contributed by atoms with van der Waals surface area (Å²) in [6.45, 7) is 0. The lowest BCUT2D eigenvalue weighted by molar-refractivity contribution is 0.0846. The van der Waals surface area contributed by atoms with Gasteiger partial charge < -0.3 is 0 Å². The third-order valence-corrected chi connectivity index (χ3v) is 3.49. The molecule has 0 aliphatic carbocycles. The lowest BCUT2D eigenvalue weighted by atomic mass is 10.2. The highest BCUT2D eigenvalue weighted by molar-refractivity contribution is 9.10. The fourth-order valence-corrected chi connectivity index (χ4v) is 2.05. The van der Waals surface area contributed by atoms with Gasteiger partial charge in [0, 0.05) is 10.0 Å². The lowest BCUT2D eigenvalue weighted by Gasteiger charge is -2.09. The number of carbonyl (C=O) groups is 2. The lowest BCUT2D eigenvalue weighted by Crippen LogP contribution is -2.41. The van der Waals surface area contributed by atoms with Gasteiger partial charge in [0.2, 0.25) is 0 Å². The van der Waals surface area contributed by atoms with Gasteiger partial charge in [0.1, 0.15) is 0 Å². The van der Waals surface area contributed by atoms with Crippen LogP contribution in [0.2, 0.25) is 5.02 Å². The minimum Gasteiger partial charge on any atom is -0.267 e. The monoisotopic (exact) mass is 388 g/mol. The van der Waals surface area contributed by atoms with Crippen LogP contribution in [0, 0.1) is 11.6 Å². The summed E-state index contributed by atoms with van der Waals surface area (Å²) in [5, 5.41) is -0.269. The van der Waals surface area contributed by atoms with Crippen LogP contribution in [0.15, 0.2) is 40.9 Å². The Morgan fingerprint density at radius 2 is 1.50 bits per heavy atom. The number of nitrogens with one attached hydrogen (secondary N) is 2. The molecule has 2 rings (SSSR count). The molecule has 22 heavy (non-hydrogen) atoms. The Labute approximate surface area is 137 Å². The van der Waals surface area contributed by atoms with E-state index in [1.54, 1.807) is 12.1 Å². The summed E-state index contributed by atoms with van der Waals surface area (Å²) in [6.07, 6.45) is 0. The van der Waals surface area contributed by atoms with E-state index >= 15 is 0 Å². The predicted octanol–water partition coefficient (Wildman–Crippen LogP) is 3.46. The van der Waals surface area contributed by atoms with Gasteiger partial charge >= 0.3 is 0 Å². The average Bonchev–Trinajstić information content (AvgIpc) is 2.49. The summed E-state index contributed by atoms with van der Waals surface area (Å²) in [5.41, 5.74) is 4.24. The molecule has 0 aromatic heterocycles. The van der Waals surface area contributed by atoms with Crippen LogP contribution in [0.5, 0.6) is 0 Å². The van der Waals surface area contributed by atoms with E-state index in [0.717, 1.165) is 4.47 Å². The molecule has 0 spiro atoms.